The van der Waals surface area contributed by atoms with Crippen molar-refractivity contribution in [3.63, 3.8) is 0 Å². The second-order valence-electron chi connectivity index (χ2n) is 19.4. The standard InChI is InChI=1S/C51H66N8O9/c1-10-44(61)56-18-16-37(27-56)59(65)55(7)46(31(3)4)48(62)53-42-21-32-19-34(22-38(60)20-32)33-14-15-43-39(23-33)40(24-51(5,6)30-68-50(64)41-13-12-17-58(54-41)49(42)63)47(57(43)11-2)45-35(28-66-8)25-52-26-36(45)29-67-9/h10,14-15,19-20,22-23,25-26,31,37,41-42,46,54H,1,11-13,16-18,21,24,27-30H2,2-9H3,(H-,53,60,62)/p+1/t37-,41-,42-,46-/m0/s1. The molecule has 2 fully saturated rings. The number of aromatic hydroxyl groups is 1. The van der Waals surface area contributed by atoms with Crippen LogP contribution in [0.4, 0.5) is 0 Å². The van der Waals surface area contributed by atoms with E-state index in [9.17, 15) is 29.2 Å². The van der Waals surface area contributed by atoms with Crippen LogP contribution in [-0.4, -0.2) is 130 Å². The number of carbonyl (C=O) groups is 4. The predicted molar refractivity (Wildman–Crippen MR) is 257 cm³/mol. The van der Waals surface area contributed by atoms with Crippen LogP contribution in [0.15, 0.2) is 61.4 Å². The SMILES string of the molecule is C=CC(=O)N1CC[C@H]([N+](=O)N(C)[C@H](C(=O)N[C@H]2Cc3cc(O)cc(c3)-c3ccc4c(c3)c(c(-c3c(COC)cncc3COC)n4CC)CC(C)(C)COC(=O)[C@@H]3CCCN(N3)C2=O)C(C)C)C1. The monoisotopic (exact) mass is 936 g/mol. The summed E-state index contributed by atoms with van der Waals surface area (Å²) >= 11 is 0. The Labute approximate surface area is 398 Å². The van der Waals surface area contributed by atoms with Crippen LogP contribution in [0.3, 0.4) is 0 Å². The molecule has 0 unspecified atom stereocenters. The molecule has 364 valence electrons. The van der Waals surface area contributed by atoms with E-state index in [1.807, 2.05) is 38.4 Å². The van der Waals surface area contributed by atoms with Gasteiger partial charge in [0.05, 0.1) is 44.0 Å². The third kappa shape index (κ3) is 10.4. The maximum atomic E-state index is 14.7. The molecule has 3 aliphatic rings. The highest BCUT2D eigenvalue weighted by molar-refractivity contribution is 5.96. The van der Waals surface area contributed by atoms with Crippen LogP contribution in [0.2, 0.25) is 0 Å². The number of nitroso groups, excluding NO2 is 1. The van der Waals surface area contributed by atoms with Gasteiger partial charge >= 0.3 is 5.97 Å². The number of methoxy groups -OCH3 is 2. The van der Waals surface area contributed by atoms with Crippen LogP contribution in [0.5, 0.6) is 5.75 Å². The van der Waals surface area contributed by atoms with Crippen LogP contribution in [0, 0.1) is 16.2 Å². The van der Waals surface area contributed by atoms with Crippen LogP contribution < -0.4 is 10.7 Å². The summed E-state index contributed by atoms with van der Waals surface area (Å²) in [6.45, 7) is 15.6. The fraction of sp³-hybridized carbons (Fsp3) is 0.510. The first kappa shape index (κ1) is 49.7. The molecule has 5 heterocycles. The Morgan fingerprint density at radius 2 is 1.79 bits per heavy atom. The molecule has 0 aliphatic carbocycles. The van der Waals surface area contributed by atoms with Crippen molar-refractivity contribution in [2.45, 2.75) is 111 Å². The Morgan fingerprint density at radius 1 is 1.07 bits per heavy atom. The largest absolute Gasteiger partial charge is 0.508 e. The second kappa shape index (κ2) is 21.0. The molecule has 68 heavy (non-hydrogen) atoms. The normalized spacial score (nSPS) is 20.2. The number of cyclic esters (lactones) is 1. The van der Waals surface area contributed by atoms with Crippen molar-refractivity contribution in [3.8, 4) is 28.1 Å². The summed E-state index contributed by atoms with van der Waals surface area (Å²) in [7, 11) is 4.86. The Hall–Kier alpha value is -6.17. The van der Waals surface area contributed by atoms with E-state index in [1.165, 1.54) is 16.1 Å². The predicted octanol–water partition coefficient (Wildman–Crippen LogP) is 5.47. The number of esters is 1. The number of likely N-dealkylation sites (tertiary alicyclic amines) is 1. The Balaban J connectivity index is 1.33. The van der Waals surface area contributed by atoms with Crippen molar-refractivity contribution in [1.29, 1.82) is 0 Å². The summed E-state index contributed by atoms with van der Waals surface area (Å²) in [5.41, 5.74) is 10.4. The number of phenols is 1. The van der Waals surface area contributed by atoms with Crippen molar-refractivity contribution in [1.82, 2.24) is 35.2 Å². The molecule has 0 radical (unpaired) electrons. The smallest absolute Gasteiger partial charge is 0.324 e. The van der Waals surface area contributed by atoms with E-state index in [2.05, 4.69) is 59.8 Å². The average molecular weight is 936 g/mol. The van der Waals surface area contributed by atoms with Gasteiger partial charge in [-0.1, -0.05) is 46.4 Å². The number of hydrogen-bond donors (Lipinski definition) is 3. The molecule has 6 bridgehead atoms. The molecule has 0 saturated carbocycles. The van der Waals surface area contributed by atoms with Gasteiger partial charge in [0, 0.05) is 92.1 Å². The van der Waals surface area contributed by atoms with Crippen molar-refractivity contribution >= 4 is 34.6 Å². The van der Waals surface area contributed by atoms with E-state index in [0.29, 0.717) is 63.1 Å². The molecule has 3 amide bonds. The van der Waals surface area contributed by atoms with Crippen LogP contribution in [0.25, 0.3) is 33.3 Å². The number of pyridine rings is 1. The number of nitrogens with zero attached hydrogens (tertiary/aromatic N) is 6. The van der Waals surface area contributed by atoms with Crippen LogP contribution in [0.1, 0.15) is 76.1 Å². The van der Waals surface area contributed by atoms with Gasteiger partial charge in [0.1, 0.15) is 22.7 Å². The molecular formula is C51H67N8O9+. The first-order valence-corrected chi connectivity index (χ1v) is 23.6. The molecule has 7 rings (SSSR count). The van der Waals surface area contributed by atoms with Crippen molar-refractivity contribution < 1.29 is 43.4 Å². The lowest BCUT2D eigenvalue weighted by atomic mass is 9.83. The van der Waals surface area contributed by atoms with Crippen LogP contribution in [-0.2, 0) is 66.0 Å². The van der Waals surface area contributed by atoms with Gasteiger partial charge in [-0.15, -0.1) is 5.01 Å². The van der Waals surface area contributed by atoms with Gasteiger partial charge in [0.2, 0.25) is 11.8 Å². The zero-order valence-corrected chi connectivity index (χ0v) is 40.7. The molecule has 3 aliphatic heterocycles. The summed E-state index contributed by atoms with van der Waals surface area (Å²) in [6.07, 6.45) is 6.70. The molecule has 0 spiro atoms. The van der Waals surface area contributed by atoms with Gasteiger partial charge in [0.15, 0.2) is 6.04 Å². The number of aryl methyl sites for hydroxylation is 1. The minimum absolute atomic E-state index is 0.0239. The highest BCUT2D eigenvalue weighted by Crippen LogP contribution is 2.43. The lowest BCUT2D eigenvalue weighted by molar-refractivity contribution is -0.732. The highest BCUT2D eigenvalue weighted by atomic mass is 16.5. The molecule has 2 aromatic heterocycles. The summed E-state index contributed by atoms with van der Waals surface area (Å²) in [5, 5.41) is 18.0. The lowest BCUT2D eigenvalue weighted by Gasteiger charge is -2.36. The van der Waals surface area contributed by atoms with E-state index < -0.39 is 47.4 Å². The lowest BCUT2D eigenvalue weighted by Crippen LogP contribution is -2.62. The molecule has 2 saturated heterocycles. The quantitative estimate of drug-likeness (QED) is 0.0665. The topological polar surface area (TPSA) is 188 Å². The van der Waals surface area contributed by atoms with Gasteiger partial charge < -0.3 is 34.1 Å². The average Bonchev–Trinajstić information content (AvgIpc) is 3.92. The Morgan fingerprint density at radius 3 is 2.46 bits per heavy atom. The number of rotatable bonds is 13. The Bertz CT molecular complexity index is 2550. The molecular weight excluding hydrogens is 869 g/mol. The summed E-state index contributed by atoms with van der Waals surface area (Å²) in [4.78, 5) is 76.3. The third-order valence-electron chi connectivity index (χ3n) is 13.4. The molecule has 17 nitrogen and oxygen atoms in total. The highest BCUT2D eigenvalue weighted by Gasteiger charge is 2.44. The number of hydrogen-bond acceptors (Lipinski definition) is 11. The van der Waals surface area contributed by atoms with Crippen molar-refractivity contribution in [3.05, 3.63) is 88.6 Å². The zero-order chi connectivity index (χ0) is 49.0. The fourth-order valence-electron chi connectivity index (χ4n) is 10.2. The Kier molecular flexibility index (Phi) is 15.4. The third-order valence-corrected chi connectivity index (χ3v) is 13.4. The number of carbonyl (C=O) groups excluding carboxylic acids is 4. The van der Waals surface area contributed by atoms with Crippen LogP contribution >= 0.6 is 0 Å². The van der Waals surface area contributed by atoms with Gasteiger partial charge in [-0.05, 0) is 84.7 Å². The summed E-state index contributed by atoms with van der Waals surface area (Å²) < 4.78 is 19.8. The van der Waals surface area contributed by atoms with E-state index in [1.54, 1.807) is 38.3 Å². The molecule has 2 aromatic carbocycles. The van der Waals surface area contributed by atoms with Gasteiger partial charge in [-0.2, -0.15) is 0 Å². The summed E-state index contributed by atoms with van der Waals surface area (Å²) in [6, 6.07) is 7.80. The van der Waals surface area contributed by atoms with Gasteiger partial charge in [-0.3, -0.25) is 29.2 Å². The first-order valence-electron chi connectivity index (χ1n) is 23.6. The number of amides is 3. The number of ether oxygens (including phenoxy) is 3. The minimum Gasteiger partial charge on any atom is -0.508 e. The summed E-state index contributed by atoms with van der Waals surface area (Å²) in [5.74, 6) is -2.20. The maximum Gasteiger partial charge on any atom is 0.324 e. The molecule has 4 aromatic rings. The zero-order valence-electron chi connectivity index (χ0n) is 40.7. The minimum atomic E-state index is -1.18. The van der Waals surface area contributed by atoms with E-state index >= 15 is 0 Å². The fourth-order valence-corrected chi connectivity index (χ4v) is 10.2. The number of aromatic nitrogens is 2. The molecule has 3 N–H and O–H groups in total. The van der Waals surface area contributed by atoms with Gasteiger partial charge in [-0.25, -0.2) is 5.43 Å². The number of hydrazine groups is 2. The van der Waals surface area contributed by atoms with Crippen molar-refractivity contribution in [2.75, 3.05) is 47.5 Å². The number of fused-ring (bicyclic) bond motifs is 6. The van der Waals surface area contributed by atoms with E-state index in [0.717, 1.165) is 49.3 Å². The maximum absolute atomic E-state index is 14.7. The number of likely N-dealkylation sites (N-methyl/N-ethyl adjacent to an activating group) is 1. The molecule has 17 heteroatoms. The first-order chi connectivity index (χ1) is 32.5. The number of nitrogens with one attached hydrogen (secondary N) is 2. The number of benzene rings is 2. The van der Waals surface area contributed by atoms with E-state index in [-0.39, 0.29) is 43.7 Å². The second-order valence-corrected chi connectivity index (χ2v) is 19.4. The molecule has 4 atom stereocenters. The van der Waals surface area contributed by atoms with Gasteiger partial charge in [0.25, 0.3) is 11.9 Å². The number of phenolic OH excluding ortho intramolecular Hbond substituents is 1. The van der Waals surface area contributed by atoms with Crippen molar-refractivity contribution in [2.24, 2.45) is 11.3 Å². The van der Waals surface area contributed by atoms with E-state index in [4.69, 9.17) is 14.2 Å².